The van der Waals surface area contributed by atoms with E-state index in [0.717, 1.165) is 5.82 Å². The minimum absolute atomic E-state index is 0.0763. The van der Waals surface area contributed by atoms with Crippen LogP contribution < -0.4 is 9.64 Å². The number of hydrogen-bond acceptors (Lipinski definition) is 7. The van der Waals surface area contributed by atoms with Crippen LogP contribution in [0.2, 0.25) is 0 Å². The highest BCUT2D eigenvalue weighted by Gasteiger charge is 2.24. The summed E-state index contributed by atoms with van der Waals surface area (Å²) in [6.07, 6.45) is 1.51. The van der Waals surface area contributed by atoms with E-state index in [1.807, 2.05) is 6.07 Å². The number of anilines is 1. The molecule has 0 aromatic carbocycles. The van der Waals surface area contributed by atoms with Crippen LogP contribution >= 0.6 is 0 Å². The molecular weight excluding hydrogens is 312 g/mol. The molecule has 2 aromatic heterocycles. The Morgan fingerprint density at radius 2 is 2.00 bits per heavy atom. The molecule has 8 nitrogen and oxygen atoms in total. The van der Waals surface area contributed by atoms with Gasteiger partial charge in [-0.05, 0) is 18.2 Å². The molecule has 1 amide bonds. The molecule has 0 aliphatic carbocycles. The number of piperazine rings is 1. The van der Waals surface area contributed by atoms with Crippen LogP contribution in [0.1, 0.15) is 10.6 Å². The van der Waals surface area contributed by atoms with Crippen molar-refractivity contribution in [1.29, 1.82) is 0 Å². The minimum Gasteiger partial charge on any atom is -0.474 e. The van der Waals surface area contributed by atoms with E-state index in [4.69, 9.17) is 13.9 Å². The van der Waals surface area contributed by atoms with Crippen LogP contribution in [-0.4, -0.2) is 67.5 Å². The van der Waals surface area contributed by atoms with Gasteiger partial charge in [-0.15, -0.1) is 10.2 Å². The molecular formula is C16H20N4O4. The highest BCUT2D eigenvalue weighted by atomic mass is 16.5. The molecule has 1 aliphatic heterocycles. The van der Waals surface area contributed by atoms with E-state index in [0.29, 0.717) is 51.0 Å². The Kier molecular flexibility index (Phi) is 5.27. The lowest BCUT2D eigenvalue weighted by Crippen LogP contribution is -2.49. The lowest BCUT2D eigenvalue weighted by atomic mass is 10.3. The van der Waals surface area contributed by atoms with E-state index >= 15 is 0 Å². The molecule has 0 unspecified atom stereocenters. The third-order valence-electron chi connectivity index (χ3n) is 3.79. The molecule has 2 aromatic rings. The topological polar surface area (TPSA) is 80.9 Å². The SMILES string of the molecule is COCCOc1ccc(N2CCN(C(=O)c3ccco3)CC2)nn1. The molecule has 128 valence electrons. The summed E-state index contributed by atoms with van der Waals surface area (Å²) in [6, 6.07) is 7.06. The number of aromatic nitrogens is 2. The minimum atomic E-state index is -0.0763. The second kappa shape index (κ2) is 7.78. The summed E-state index contributed by atoms with van der Waals surface area (Å²) in [4.78, 5) is 16.1. The van der Waals surface area contributed by atoms with Gasteiger partial charge in [-0.25, -0.2) is 0 Å². The van der Waals surface area contributed by atoms with Crippen LogP contribution in [0.3, 0.4) is 0 Å². The van der Waals surface area contributed by atoms with Crippen molar-refractivity contribution in [3.63, 3.8) is 0 Å². The second-order valence-electron chi connectivity index (χ2n) is 5.33. The molecule has 0 spiro atoms. The molecule has 0 atom stereocenters. The fourth-order valence-corrected chi connectivity index (χ4v) is 2.48. The molecule has 8 heteroatoms. The maximum atomic E-state index is 12.2. The Bertz CT molecular complexity index is 637. The van der Waals surface area contributed by atoms with Crippen molar-refractivity contribution in [3.8, 4) is 5.88 Å². The second-order valence-corrected chi connectivity index (χ2v) is 5.33. The van der Waals surface area contributed by atoms with E-state index < -0.39 is 0 Å². The Hall–Kier alpha value is -2.61. The first-order chi connectivity index (χ1) is 11.8. The molecule has 3 rings (SSSR count). The number of rotatable bonds is 6. The van der Waals surface area contributed by atoms with E-state index in [1.54, 1.807) is 30.2 Å². The Morgan fingerprint density at radius 1 is 1.17 bits per heavy atom. The van der Waals surface area contributed by atoms with E-state index in [1.165, 1.54) is 6.26 Å². The van der Waals surface area contributed by atoms with Crippen LogP contribution in [0.25, 0.3) is 0 Å². The van der Waals surface area contributed by atoms with Crippen LogP contribution in [0.5, 0.6) is 5.88 Å². The molecule has 0 saturated carbocycles. The lowest BCUT2D eigenvalue weighted by Gasteiger charge is -2.34. The van der Waals surface area contributed by atoms with Gasteiger partial charge in [-0.1, -0.05) is 0 Å². The number of nitrogens with zero attached hydrogens (tertiary/aromatic N) is 4. The third-order valence-corrected chi connectivity index (χ3v) is 3.79. The summed E-state index contributed by atoms with van der Waals surface area (Å²) in [6.45, 7) is 3.59. The van der Waals surface area contributed by atoms with E-state index in [2.05, 4.69) is 15.1 Å². The number of methoxy groups -OCH3 is 1. The average molecular weight is 332 g/mol. The van der Waals surface area contributed by atoms with Gasteiger partial charge in [0.2, 0.25) is 5.88 Å². The fraction of sp³-hybridized carbons (Fsp3) is 0.438. The molecule has 1 saturated heterocycles. The van der Waals surface area contributed by atoms with Crippen LogP contribution in [0.15, 0.2) is 34.9 Å². The van der Waals surface area contributed by atoms with Gasteiger partial charge in [0.05, 0.1) is 12.9 Å². The number of carbonyl (C=O) groups is 1. The first kappa shape index (κ1) is 16.3. The van der Waals surface area contributed by atoms with Gasteiger partial charge < -0.3 is 23.7 Å². The molecule has 0 radical (unpaired) electrons. The zero-order valence-corrected chi connectivity index (χ0v) is 13.6. The summed E-state index contributed by atoms with van der Waals surface area (Å²) in [5, 5.41) is 8.24. The van der Waals surface area contributed by atoms with Crippen molar-refractivity contribution in [2.75, 3.05) is 51.4 Å². The highest BCUT2D eigenvalue weighted by molar-refractivity contribution is 5.91. The Morgan fingerprint density at radius 3 is 2.62 bits per heavy atom. The maximum Gasteiger partial charge on any atom is 0.289 e. The van der Waals surface area contributed by atoms with Crippen molar-refractivity contribution >= 4 is 11.7 Å². The highest BCUT2D eigenvalue weighted by Crippen LogP contribution is 2.16. The van der Waals surface area contributed by atoms with Gasteiger partial charge in [-0.3, -0.25) is 4.79 Å². The smallest absolute Gasteiger partial charge is 0.289 e. The van der Waals surface area contributed by atoms with Crippen molar-refractivity contribution < 1.29 is 18.7 Å². The number of hydrogen-bond donors (Lipinski definition) is 0. The van der Waals surface area contributed by atoms with Crippen molar-refractivity contribution in [3.05, 3.63) is 36.3 Å². The summed E-state index contributed by atoms with van der Waals surface area (Å²) < 4.78 is 15.5. The van der Waals surface area contributed by atoms with Gasteiger partial charge in [-0.2, -0.15) is 0 Å². The first-order valence-electron chi connectivity index (χ1n) is 7.81. The number of furan rings is 1. The zero-order chi connectivity index (χ0) is 16.8. The largest absolute Gasteiger partial charge is 0.474 e. The average Bonchev–Trinajstić information content (AvgIpc) is 3.17. The maximum absolute atomic E-state index is 12.2. The third kappa shape index (κ3) is 3.83. The predicted molar refractivity (Wildman–Crippen MR) is 86.2 cm³/mol. The zero-order valence-electron chi connectivity index (χ0n) is 13.6. The molecule has 24 heavy (non-hydrogen) atoms. The molecule has 3 heterocycles. The monoisotopic (exact) mass is 332 g/mol. The summed E-state index contributed by atoms with van der Waals surface area (Å²) in [7, 11) is 1.62. The summed E-state index contributed by atoms with van der Waals surface area (Å²) in [5.74, 6) is 1.55. The fourth-order valence-electron chi connectivity index (χ4n) is 2.48. The van der Waals surface area contributed by atoms with Crippen molar-refractivity contribution in [2.24, 2.45) is 0 Å². The Balaban J connectivity index is 1.52. The summed E-state index contributed by atoms with van der Waals surface area (Å²) >= 11 is 0. The van der Waals surface area contributed by atoms with Gasteiger partial charge in [0.25, 0.3) is 5.91 Å². The van der Waals surface area contributed by atoms with Gasteiger partial charge in [0.1, 0.15) is 6.61 Å². The number of ether oxygens (including phenoxy) is 2. The lowest BCUT2D eigenvalue weighted by molar-refractivity contribution is 0.0714. The standard InChI is InChI=1S/C16H20N4O4/c1-22-11-12-24-15-5-4-14(17-18-15)19-6-8-20(9-7-19)16(21)13-3-2-10-23-13/h2-5,10H,6-9,11-12H2,1H3. The molecule has 1 aliphatic rings. The molecule has 0 bridgehead atoms. The normalized spacial score (nSPS) is 14.7. The van der Waals surface area contributed by atoms with Gasteiger partial charge >= 0.3 is 0 Å². The van der Waals surface area contributed by atoms with Crippen LogP contribution in [-0.2, 0) is 4.74 Å². The van der Waals surface area contributed by atoms with E-state index in [9.17, 15) is 4.79 Å². The molecule has 0 N–H and O–H groups in total. The van der Waals surface area contributed by atoms with Gasteiger partial charge in [0.15, 0.2) is 11.6 Å². The van der Waals surface area contributed by atoms with Crippen molar-refractivity contribution in [1.82, 2.24) is 15.1 Å². The van der Waals surface area contributed by atoms with Gasteiger partial charge in [0, 0.05) is 39.4 Å². The Labute approximate surface area is 140 Å². The van der Waals surface area contributed by atoms with Crippen LogP contribution in [0, 0.1) is 0 Å². The van der Waals surface area contributed by atoms with Crippen LogP contribution in [0.4, 0.5) is 5.82 Å². The van der Waals surface area contributed by atoms with Crippen molar-refractivity contribution in [2.45, 2.75) is 0 Å². The molecule has 1 fully saturated rings. The number of amides is 1. The number of carbonyl (C=O) groups excluding carboxylic acids is 1. The quantitative estimate of drug-likeness (QED) is 0.732. The van der Waals surface area contributed by atoms with E-state index in [-0.39, 0.29) is 5.91 Å². The predicted octanol–water partition coefficient (Wildman–Crippen LogP) is 1.06. The first-order valence-corrected chi connectivity index (χ1v) is 7.81. The summed E-state index contributed by atoms with van der Waals surface area (Å²) in [5.41, 5.74) is 0.